The summed E-state index contributed by atoms with van der Waals surface area (Å²) in [5.74, 6) is 0.555. The van der Waals surface area contributed by atoms with Gasteiger partial charge in [0.05, 0.1) is 5.25 Å². The molecule has 0 bridgehead atoms. The van der Waals surface area contributed by atoms with Gasteiger partial charge in [-0.05, 0) is 32.4 Å². The first kappa shape index (κ1) is 17.3. The molecule has 0 radical (unpaired) electrons. The molecule has 1 aromatic carbocycles. The molecule has 3 aromatic rings. The van der Waals surface area contributed by atoms with Gasteiger partial charge in [-0.2, -0.15) is 0 Å². The zero-order valence-electron chi connectivity index (χ0n) is 14.4. The number of benzene rings is 1. The standard InChI is InChI=1S/C18H20N4O2S/c1-4-22-17(15-9-7-13(2)8-10-15)20-21-18(22)25(23,24)14(3)16-6-5-11-19-12-16/h5-12,14H,4H2,1-3H3/t14-/m1/s1. The molecule has 0 unspecified atom stereocenters. The first-order valence-corrected chi connectivity index (χ1v) is 9.64. The van der Waals surface area contributed by atoms with E-state index in [2.05, 4.69) is 15.2 Å². The maximum Gasteiger partial charge on any atom is 0.250 e. The van der Waals surface area contributed by atoms with E-state index in [9.17, 15) is 8.42 Å². The first-order chi connectivity index (χ1) is 11.9. The number of aryl methyl sites for hydroxylation is 1. The zero-order chi connectivity index (χ0) is 18.0. The smallest absolute Gasteiger partial charge is 0.250 e. The second-order valence-corrected chi connectivity index (χ2v) is 8.05. The molecular weight excluding hydrogens is 336 g/mol. The normalized spacial score (nSPS) is 12.9. The van der Waals surface area contributed by atoms with E-state index in [4.69, 9.17) is 0 Å². The predicted molar refractivity (Wildman–Crippen MR) is 95.7 cm³/mol. The summed E-state index contributed by atoms with van der Waals surface area (Å²) >= 11 is 0. The third-order valence-corrected chi connectivity index (χ3v) is 6.23. The van der Waals surface area contributed by atoms with Crippen LogP contribution in [0.25, 0.3) is 11.4 Å². The Morgan fingerprint density at radius 3 is 2.44 bits per heavy atom. The van der Waals surface area contributed by atoms with Crippen molar-refractivity contribution in [3.05, 3.63) is 59.9 Å². The highest BCUT2D eigenvalue weighted by atomic mass is 32.2. The maximum absolute atomic E-state index is 13.1. The minimum atomic E-state index is -3.68. The van der Waals surface area contributed by atoms with Gasteiger partial charge < -0.3 is 0 Å². The summed E-state index contributed by atoms with van der Waals surface area (Å²) in [6.07, 6.45) is 3.18. The van der Waals surface area contributed by atoms with Gasteiger partial charge in [0.25, 0.3) is 5.16 Å². The Kier molecular flexibility index (Phi) is 4.67. The van der Waals surface area contributed by atoms with Crippen LogP contribution in [0, 0.1) is 6.92 Å². The highest BCUT2D eigenvalue weighted by molar-refractivity contribution is 7.91. The summed E-state index contributed by atoms with van der Waals surface area (Å²) in [6.45, 7) is 5.99. The Bertz CT molecular complexity index is 964. The number of hydrogen-bond donors (Lipinski definition) is 0. The Hall–Kier alpha value is -2.54. The van der Waals surface area contributed by atoms with Gasteiger partial charge in [0, 0.05) is 24.5 Å². The molecule has 0 saturated carbocycles. The Morgan fingerprint density at radius 2 is 1.84 bits per heavy atom. The fraction of sp³-hybridized carbons (Fsp3) is 0.278. The van der Waals surface area contributed by atoms with Crippen molar-refractivity contribution in [2.24, 2.45) is 0 Å². The maximum atomic E-state index is 13.1. The minimum Gasteiger partial charge on any atom is -0.298 e. The van der Waals surface area contributed by atoms with Crippen LogP contribution in [0.3, 0.4) is 0 Å². The van der Waals surface area contributed by atoms with Crippen molar-refractivity contribution in [1.82, 2.24) is 19.7 Å². The van der Waals surface area contributed by atoms with Crippen molar-refractivity contribution in [3.8, 4) is 11.4 Å². The molecule has 0 N–H and O–H groups in total. The molecule has 0 saturated heterocycles. The molecule has 130 valence electrons. The van der Waals surface area contributed by atoms with Gasteiger partial charge in [-0.3, -0.25) is 9.55 Å². The van der Waals surface area contributed by atoms with Crippen LogP contribution in [0.15, 0.2) is 53.9 Å². The molecule has 0 spiro atoms. The van der Waals surface area contributed by atoms with Crippen LogP contribution in [0.1, 0.15) is 30.2 Å². The monoisotopic (exact) mass is 356 g/mol. The largest absolute Gasteiger partial charge is 0.298 e. The van der Waals surface area contributed by atoms with Gasteiger partial charge in [0.15, 0.2) is 5.82 Å². The van der Waals surface area contributed by atoms with E-state index in [0.717, 1.165) is 11.1 Å². The lowest BCUT2D eigenvalue weighted by atomic mass is 10.1. The molecule has 7 heteroatoms. The Balaban J connectivity index is 2.07. The van der Waals surface area contributed by atoms with E-state index in [1.165, 1.54) is 0 Å². The third kappa shape index (κ3) is 3.19. The number of hydrogen-bond acceptors (Lipinski definition) is 5. The van der Waals surface area contributed by atoms with Gasteiger partial charge in [-0.25, -0.2) is 8.42 Å². The van der Waals surface area contributed by atoms with Crippen LogP contribution in [0.4, 0.5) is 0 Å². The summed E-state index contributed by atoms with van der Waals surface area (Å²) in [7, 11) is -3.68. The van der Waals surface area contributed by atoms with E-state index < -0.39 is 15.1 Å². The van der Waals surface area contributed by atoms with Gasteiger partial charge in [-0.15, -0.1) is 10.2 Å². The highest BCUT2D eigenvalue weighted by Gasteiger charge is 2.31. The summed E-state index contributed by atoms with van der Waals surface area (Å²) in [5.41, 5.74) is 2.60. The number of aromatic nitrogens is 4. The van der Waals surface area contributed by atoms with E-state index in [1.54, 1.807) is 36.0 Å². The topological polar surface area (TPSA) is 77.7 Å². The van der Waals surface area contributed by atoms with Crippen LogP contribution in [0.2, 0.25) is 0 Å². The summed E-state index contributed by atoms with van der Waals surface area (Å²) in [4.78, 5) is 4.01. The molecular formula is C18H20N4O2S. The summed E-state index contributed by atoms with van der Waals surface area (Å²) in [6, 6.07) is 11.3. The lowest BCUT2D eigenvalue weighted by Crippen LogP contribution is -2.17. The molecule has 0 aliphatic carbocycles. The second-order valence-electron chi connectivity index (χ2n) is 5.89. The predicted octanol–water partition coefficient (Wildman–Crippen LogP) is 3.20. The molecule has 0 fully saturated rings. The van der Waals surface area contributed by atoms with Crippen molar-refractivity contribution < 1.29 is 8.42 Å². The van der Waals surface area contributed by atoms with Gasteiger partial charge in [0.2, 0.25) is 9.84 Å². The van der Waals surface area contributed by atoms with Gasteiger partial charge in [0.1, 0.15) is 0 Å². The van der Waals surface area contributed by atoms with Gasteiger partial charge in [-0.1, -0.05) is 35.9 Å². The molecule has 0 aliphatic heterocycles. The van der Waals surface area contributed by atoms with Crippen molar-refractivity contribution in [2.75, 3.05) is 0 Å². The van der Waals surface area contributed by atoms with Crippen molar-refractivity contribution in [1.29, 1.82) is 0 Å². The van der Waals surface area contributed by atoms with Crippen LogP contribution in [-0.4, -0.2) is 28.2 Å². The molecule has 3 rings (SSSR count). The van der Waals surface area contributed by atoms with E-state index in [1.807, 2.05) is 38.1 Å². The quantitative estimate of drug-likeness (QED) is 0.701. The fourth-order valence-electron chi connectivity index (χ4n) is 2.65. The van der Waals surface area contributed by atoms with Crippen LogP contribution in [0.5, 0.6) is 0 Å². The lowest BCUT2D eigenvalue weighted by molar-refractivity contribution is 0.559. The molecule has 2 heterocycles. The average molecular weight is 356 g/mol. The summed E-state index contributed by atoms with van der Waals surface area (Å²) < 4.78 is 27.8. The number of sulfone groups is 1. The molecule has 0 aliphatic rings. The minimum absolute atomic E-state index is 0.0121. The first-order valence-electron chi connectivity index (χ1n) is 8.09. The summed E-state index contributed by atoms with van der Waals surface area (Å²) in [5, 5.41) is 7.40. The highest BCUT2D eigenvalue weighted by Crippen LogP contribution is 2.29. The fourth-order valence-corrected chi connectivity index (χ4v) is 4.15. The SMILES string of the molecule is CCn1c(-c2ccc(C)cc2)nnc1S(=O)(=O)[C@H](C)c1cccnc1. The molecule has 6 nitrogen and oxygen atoms in total. The zero-order valence-corrected chi connectivity index (χ0v) is 15.2. The van der Waals surface area contributed by atoms with E-state index in [0.29, 0.717) is 17.9 Å². The Morgan fingerprint density at radius 1 is 1.12 bits per heavy atom. The number of rotatable bonds is 5. The van der Waals surface area contributed by atoms with Crippen molar-refractivity contribution >= 4 is 9.84 Å². The second kappa shape index (κ2) is 6.76. The van der Waals surface area contributed by atoms with E-state index in [-0.39, 0.29) is 5.16 Å². The molecule has 1 atom stereocenters. The van der Waals surface area contributed by atoms with E-state index >= 15 is 0 Å². The van der Waals surface area contributed by atoms with Gasteiger partial charge >= 0.3 is 0 Å². The average Bonchev–Trinajstić information content (AvgIpc) is 3.07. The molecule has 0 amide bonds. The molecule has 2 aromatic heterocycles. The molecule has 25 heavy (non-hydrogen) atoms. The van der Waals surface area contributed by atoms with Crippen molar-refractivity contribution in [3.63, 3.8) is 0 Å². The Labute approximate surface area is 147 Å². The lowest BCUT2D eigenvalue weighted by Gasteiger charge is -2.13. The number of pyridine rings is 1. The van der Waals surface area contributed by atoms with Crippen LogP contribution in [-0.2, 0) is 16.4 Å². The third-order valence-electron chi connectivity index (χ3n) is 4.22. The van der Waals surface area contributed by atoms with Crippen LogP contribution < -0.4 is 0 Å². The van der Waals surface area contributed by atoms with Crippen LogP contribution >= 0.6 is 0 Å². The van der Waals surface area contributed by atoms with Crippen molar-refractivity contribution in [2.45, 2.75) is 37.7 Å². The number of nitrogens with zero attached hydrogens (tertiary/aromatic N) is 4.